The molecule has 3 heterocycles. The summed E-state index contributed by atoms with van der Waals surface area (Å²) >= 11 is 3.47. The summed E-state index contributed by atoms with van der Waals surface area (Å²) in [5.74, 6) is 0.770. The number of pyridine rings is 1. The van der Waals surface area contributed by atoms with Crippen LogP contribution in [0.2, 0.25) is 0 Å². The van der Waals surface area contributed by atoms with Gasteiger partial charge in [-0.1, -0.05) is 15.9 Å². The predicted molar refractivity (Wildman–Crippen MR) is 105 cm³/mol. The van der Waals surface area contributed by atoms with Crippen molar-refractivity contribution in [1.82, 2.24) is 4.57 Å². The van der Waals surface area contributed by atoms with Crippen molar-refractivity contribution in [1.29, 1.82) is 0 Å². The van der Waals surface area contributed by atoms with Crippen molar-refractivity contribution in [2.24, 2.45) is 0 Å². The number of rotatable bonds is 2. The van der Waals surface area contributed by atoms with E-state index in [9.17, 15) is 9.59 Å². The maximum atomic E-state index is 13.0. The molecule has 1 atom stereocenters. The number of nitrogens with zero attached hydrogens (tertiary/aromatic N) is 1. The zero-order valence-electron chi connectivity index (χ0n) is 14.4. The van der Waals surface area contributed by atoms with Crippen molar-refractivity contribution >= 4 is 38.4 Å². The van der Waals surface area contributed by atoms with E-state index in [2.05, 4.69) is 28.2 Å². The molecule has 1 aromatic heterocycles. The van der Waals surface area contributed by atoms with Crippen molar-refractivity contribution in [3.8, 4) is 11.5 Å². The monoisotopic (exact) mass is 426 g/mol. The molecule has 0 fully saturated rings. The Hall–Kier alpha value is -2.80. The first-order valence-corrected chi connectivity index (χ1v) is 9.39. The van der Waals surface area contributed by atoms with Gasteiger partial charge in [-0.25, -0.2) is 0 Å². The SMILES string of the molecule is C[C@H]1Cc2cc(Br)cc3c(=O)c(C(=O)Nc4ccc5c(c4)OCO5)cn1c23. The molecule has 2 aliphatic heterocycles. The molecule has 7 heteroatoms. The molecule has 2 aromatic carbocycles. The van der Waals surface area contributed by atoms with Gasteiger partial charge < -0.3 is 19.4 Å². The van der Waals surface area contributed by atoms with Gasteiger partial charge in [-0.2, -0.15) is 0 Å². The van der Waals surface area contributed by atoms with Crippen LogP contribution in [0.5, 0.6) is 11.5 Å². The fourth-order valence-electron chi connectivity index (χ4n) is 3.80. The molecular formula is C20H15BrN2O4. The second-order valence-electron chi connectivity index (χ2n) is 6.82. The Morgan fingerprint density at radius 2 is 2.04 bits per heavy atom. The second kappa shape index (κ2) is 5.85. The third kappa shape index (κ3) is 2.53. The number of hydrogen-bond donors (Lipinski definition) is 1. The average molecular weight is 427 g/mol. The fraction of sp³-hybridized carbons (Fsp3) is 0.200. The van der Waals surface area contributed by atoms with E-state index in [1.165, 1.54) is 0 Å². The van der Waals surface area contributed by atoms with Crippen LogP contribution in [0.25, 0.3) is 10.9 Å². The number of aromatic nitrogens is 1. The molecule has 0 aliphatic carbocycles. The Morgan fingerprint density at radius 1 is 1.22 bits per heavy atom. The number of fused-ring (bicyclic) bond motifs is 1. The number of anilines is 1. The van der Waals surface area contributed by atoms with Crippen LogP contribution >= 0.6 is 15.9 Å². The first-order chi connectivity index (χ1) is 13.0. The quantitative estimate of drug-likeness (QED) is 0.675. The zero-order chi connectivity index (χ0) is 18.7. The highest BCUT2D eigenvalue weighted by Gasteiger charge is 2.25. The minimum atomic E-state index is -0.440. The van der Waals surface area contributed by atoms with Crippen LogP contribution in [-0.4, -0.2) is 17.3 Å². The van der Waals surface area contributed by atoms with Crippen LogP contribution in [0.4, 0.5) is 5.69 Å². The molecular weight excluding hydrogens is 412 g/mol. The minimum absolute atomic E-state index is 0.123. The summed E-state index contributed by atoms with van der Waals surface area (Å²) in [6, 6.07) is 9.15. The second-order valence-corrected chi connectivity index (χ2v) is 7.73. The molecule has 0 spiro atoms. The van der Waals surface area contributed by atoms with E-state index in [4.69, 9.17) is 9.47 Å². The molecule has 0 saturated heterocycles. The van der Waals surface area contributed by atoms with Crippen LogP contribution in [-0.2, 0) is 6.42 Å². The maximum absolute atomic E-state index is 13.0. The van der Waals surface area contributed by atoms with Crippen LogP contribution in [0.15, 0.2) is 45.8 Å². The van der Waals surface area contributed by atoms with Gasteiger partial charge in [0.2, 0.25) is 12.2 Å². The largest absolute Gasteiger partial charge is 0.454 e. The summed E-state index contributed by atoms with van der Waals surface area (Å²) in [5.41, 5.74) is 2.43. The van der Waals surface area contributed by atoms with Gasteiger partial charge in [-0.15, -0.1) is 0 Å². The van der Waals surface area contributed by atoms with Gasteiger partial charge in [0.1, 0.15) is 5.56 Å². The lowest BCUT2D eigenvalue weighted by atomic mass is 10.1. The fourth-order valence-corrected chi connectivity index (χ4v) is 4.30. The third-order valence-electron chi connectivity index (χ3n) is 5.03. The van der Waals surface area contributed by atoms with Crippen molar-refractivity contribution < 1.29 is 14.3 Å². The van der Waals surface area contributed by atoms with Gasteiger partial charge in [0, 0.05) is 33.9 Å². The number of hydrogen-bond acceptors (Lipinski definition) is 4. The molecule has 5 rings (SSSR count). The number of carbonyl (C=O) groups excluding carboxylic acids is 1. The number of benzene rings is 2. The smallest absolute Gasteiger partial charge is 0.261 e. The van der Waals surface area contributed by atoms with E-state index in [0.29, 0.717) is 22.6 Å². The van der Waals surface area contributed by atoms with Crippen molar-refractivity contribution in [2.75, 3.05) is 12.1 Å². The van der Waals surface area contributed by atoms with Gasteiger partial charge in [0.25, 0.3) is 5.91 Å². The van der Waals surface area contributed by atoms with Crippen molar-refractivity contribution in [3.05, 3.63) is 62.4 Å². The highest BCUT2D eigenvalue weighted by Crippen LogP contribution is 2.35. The molecule has 6 nitrogen and oxygen atoms in total. The number of amides is 1. The first-order valence-electron chi connectivity index (χ1n) is 8.59. The van der Waals surface area contributed by atoms with Gasteiger partial charge in [0.05, 0.1) is 5.52 Å². The summed E-state index contributed by atoms with van der Waals surface area (Å²) in [7, 11) is 0. The molecule has 3 aromatic rings. The van der Waals surface area contributed by atoms with E-state index >= 15 is 0 Å². The van der Waals surface area contributed by atoms with Crippen molar-refractivity contribution in [2.45, 2.75) is 19.4 Å². The molecule has 1 amide bonds. The summed E-state index contributed by atoms with van der Waals surface area (Å²) < 4.78 is 13.5. The Kier molecular flexibility index (Phi) is 3.55. The highest BCUT2D eigenvalue weighted by molar-refractivity contribution is 9.10. The van der Waals surface area contributed by atoms with Crippen LogP contribution in [0.1, 0.15) is 28.9 Å². The van der Waals surface area contributed by atoms with Gasteiger partial charge in [-0.3, -0.25) is 9.59 Å². The molecule has 27 heavy (non-hydrogen) atoms. The van der Waals surface area contributed by atoms with E-state index in [-0.39, 0.29) is 23.8 Å². The van der Waals surface area contributed by atoms with Crippen LogP contribution < -0.4 is 20.2 Å². The molecule has 0 radical (unpaired) electrons. The molecule has 1 N–H and O–H groups in total. The van der Waals surface area contributed by atoms with E-state index in [1.54, 1.807) is 30.5 Å². The summed E-state index contributed by atoms with van der Waals surface area (Å²) in [6.45, 7) is 2.24. The van der Waals surface area contributed by atoms with Crippen LogP contribution in [0.3, 0.4) is 0 Å². The first kappa shape index (κ1) is 16.4. The maximum Gasteiger partial charge on any atom is 0.261 e. The van der Waals surface area contributed by atoms with Gasteiger partial charge in [-0.05, 0) is 43.2 Å². The van der Waals surface area contributed by atoms with Crippen molar-refractivity contribution in [3.63, 3.8) is 0 Å². The standard InChI is InChI=1S/C20H15BrN2O4/c1-10-4-11-5-12(21)6-14-18(11)23(10)8-15(19(14)24)20(25)22-13-2-3-16-17(7-13)27-9-26-16/h2-3,5-8,10H,4,9H2,1H3,(H,22,25)/t10-/m0/s1. The lowest BCUT2D eigenvalue weighted by molar-refractivity contribution is 0.102. The van der Waals surface area contributed by atoms with Gasteiger partial charge >= 0.3 is 0 Å². The normalized spacial score (nSPS) is 16.7. The Bertz CT molecular complexity index is 1180. The van der Waals surface area contributed by atoms with Gasteiger partial charge in [0.15, 0.2) is 11.5 Å². The van der Waals surface area contributed by atoms with E-state index in [1.807, 2.05) is 10.6 Å². The highest BCUT2D eigenvalue weighted by atomic mass is 79.9. The summed E-state index contributed by atoms with van der Waals surface area (Å²) in [4.78, 5) is 25.8. The Labute approximate surface area is 162 Å². The average Bonchev–Trinajstić information content (AvgIpc) is 3.21. The topological polar surface area (TPSA) is 69.6 Å². The van der Waals surface area contributed by atoms with Crippen LogP contribution in [0, 0.1) is 0 Å². The lowest BCUT2D eigenvalue weighted by Crippen LogP contribution is -2.23. The molecule has 0 bridgehead atoms. The molecule has 136 valence electrons. The van der Waals surface area contributed by atoms with E-state index in [0.717, 1.165) is 22.0 Å². The number of ether oxygens (including phenoxy) is 2. The number of halogens is 1. The Morgan fingerprint density at radius 3 is 2.89 bits per heavy atom. The predicted octanol–water partition coefficient (Wildman–Crippen LogP) is 3.86. The summed E-state index contributed by atoms with van der Waals surface area (Å²) in [5, 5.41) is 3.35. The molecule has 0 unspecified atom stereocenters. The Balaban J connectivity index is 1.58. The number of carbonyl (C=O) groups is 1. The summed E-state index contributed by atoms with van der Waals surface area (Å²) in [6.07, 6.45) is 2.50. The van der Waals surface area contributed by atoms with E-state index < -0.39 is 5.91 Å². The third-order valence-corrected chi connectivity index (χ3v) is 5.49. The molecule has 0 saturated carbocycles. The number of nitrogens with one attached hydrogen (secondary N) is 1. The lowest BCUT2D eigenvalue weighted by Gasteiger charge is -2.13. The minimum Gasteiger partial charge on any atom is -0.454 e. The zero-order valence-corrected chi connectivity index (χ0v) is 16.0. The molecule has 2 aliphatic rings.